The van der Waals surface area contributed by atoms with Gasteiger partial charge >= 0.3 is 5.97 Å². The summed E-state index contributed by atoms with van der Waals surface area (Å²) in [5, 5.41) is 5.29. The summed E-state index contributed by atoms with van der Waals surface area (Å²) in [5.41, 5.74) is 2.36. The molecule has 3 aromatic carbocycles. The summed E-state index contributed by atoms with van der Waals surface area (Å²) in [7, 11) is 0. The Hall–Kier alpha value is -2.85. The molecule has 0 aliphatic rings. The van der Waals surface area contributed by atoms with Crippen molar-refractivity contribution in [3.63, 3.8) is 0 Å². The second-order valence-corrected chi connectivity index (χ2v) is 6.42. The van der Waals surface area contributed by atoms with Crippen LogP contribution in [0.4, 0.5) is 5.69 Å². The fourth-order valence-electron chi connectivity index (χ4n) is 2.71. The van der Waals surface area contributed by atoms with Crippen molar-refractivity contribution in [2.75, 3.05) is 11.9 Å². The van der Waals surface area contributed by atoms with Crippen LogP contribution < -0.4 is 5.32 Å². The third-order valence-electron chi connectivity index (χ3n) is 4.05. The second-order valence-electron chi connectivity index (χ2n) is 5.98. The van der Waals surface area contributed by atoms with Gasteiger partial charge in [0.25, 0.3) is 5.91 Å². The van der Waals surface area contributed by atoms with Crippen LogP contribution in [-0.4, -0.2) is 18.5 Å². The zero-order chi connectivity index (χ0) is 18.5. The third kappa shape index (κ3) is 4.41. The molecule has 26 heavy (non-hydrogen) atoms. The van der Waals surface area contributed by atoms with Gasteiger partial charge in [0.15, 0.2) is 6.61 Å². The molecule has 0 aliphatic heterocycles. The summed E-state index contributed by atoms with van der Waals surface area (Å²) in [4.78, 5) is 24.1. The molecule has 0 atom stereocenters. The van der Waals surface area contributed by atoms with Crippen molar-refractivity contribution < 1.29 is 14.3 Å². The number of carbonyl (C=O) groups is 2. The van der Waals surface area contributed by atoms with E-state index in [4.69, 9.17) is 16.3 Å². The van der Waals surface area contributed by atoms with Crippen molar-refractivity contribution in [2.24, 2.45) is 0 Å². The molecule has 0 bridgehead atoms. The number of halogens is 1. The minimum atomic E-state index is -0.445. The zero-order valence-electron chi connectivity index (χ0n) is 14.3. The van der Waals surface area contributed by atoms with Gasteiger partial charge in [-0.3, -0.25) is 9.59 Å². The molecule has 0 saturated carbocycles. The molecule has 0 aromatic heterocycles. The van der Waals surface area contributed by atoms with Gasteiger partial charge in [0.05, 0.1) is 6.42 Å². The predicted octanol–water partition coefficient (Wildman–Crippen LogP) is 4.53. The maximum atomic E-state index is 12.1. The summed E-state index contributed by atoms with van der Waals surface area (Å²) in [6, 6.07) is 18.8. The number of anilines is 1. The molecular formula is C21H18ClNO3. The Labute approximate surface area is 156 Å². The molecular weight excluding hydrogens is 350 g/mol. The van der Waals surface area contributed by atoms with Gasteiger partial charge in [0.1, 0.15) is 0 Å². The highest BCUT2D eigenvalue weighted by Crippen LogP contribution is 2.21. The lowest BCUT2D eigenvalue weighted by Crippen LogP contribution is -2.22. The molecule has 0 aliphatic carbocycles. The van der Waals surface area contributed by atoms with Crippen LogP contribution in [0.3, 0.4) is 0 Å². The molecule has 0 heterocycles. The lowest BCUT2D eigenvalue weighted by Gasteiger charge is -2.10. The van der Waals surface area contributed by atoms with E-state index in [0.717, 1.165) is 21.9 Å². The molecule has 132 valence electrons. The first-order chi connectivity index (χ1) is 12.5. The number of ether oxygens (including phenoxy) is 1. The molecule has 0 unspecified atom stereocenters. The third-order valence-corrected chi connectivity index (χ3v) is 4.29. The van der Waals surface area contributed by atoms with Gasteiger partial charge in [-0.15, -0.1) is 0 Å². The maximum absolute atomic E-state index is 12.1. The van der Waals surface area contributed by atoms with Crippen molar-refractivity contribution in [3.05, 3.63) is 76.8 Å². The Morgan fingerprint density at radius 1 is 1.04 bits per heavy atom. The van der Waals surface area contributed by atoms with Crippen LogP contribution >= 0.6 is 11.6 Å². The molecule has 1 N–H and O–H groups in total. The molecule has 1 amide bonds. The van der Waals surface area contributed by atoms with E-state index in [1.807, 2.05) is 55.5 Å². The standard InChI is InChI=1S/C21H18ClNO3/c1-14-9-10-17(22)12-19(14)23-20(24)13-26-21(25)11-16-7-4-6-15-5-2-3-8-18(15)16/h2-10,12H,11,13H2,1H3,(H,23,24). The highest BCUT2D eigenvalue weighted by Gasteiger charge is 2.11. The summed E-state index contributed by atoms with van der Waals surface area (Å²) >= 11 is 5.93. The van der Waals surface area contributed by atoms with Crippen LogP contribution in [0.2, 0.25) is 5.02 Å². The van der Waals surface area contributed by atoms with Gasteiger partial charge in [0.2, 0.25) is 0 Å². The maximum Gasteiger partial charge on any atom is 0.310 e. The van der Waals surface area contributed by atoms with Gasteiger partial charge in [-0.1, -0.05) is 60.1 Å². The summed E-state index contributed by atoms with van der Waals surface area (Å²) in [6.45, 7) is 1.52. The zero-order valence-corrected chi connectivity index (χ0v) is 15.0. The van der Waals surface area contributed by atoms with Crippen molar-refractivity contribution in [1.29, 1.82) is 0 Å². The number of benzene rings is 3. The van der Waals surface area contributed by atoms with E-state index in [1.54, 1.807) is 12.1 Å². The largest absolute Gasteiger partial charge is 0.455 e. The van der Waals surface area contributed by atoms with Crippen LogP contribution in [0.5, 0.6) is 0 Å². The molecule has 3 rings (SSSR count). The quantitative estimate of drug-likeness (QED) is 0.674. The first kappa shape index (κ1) is 18.0. The predicted molar refractivity (Wildman–Crippen MR) is 103 cm³/mol. The lowest BCUT2D eigenvalue weighted by atomic mass is 10.0. The number of carbonyl (C=O) groups excluding carboxylic acids is 2. The summed E-state index contributed by atoms with van der Waals surface area (Å²) in [6.07, 6.45) is 0.116. The average molecular weight is 368 g/mol. The van der Waals surface area contributed by atoms with Crippen molar-refractivity contribution in [3.8, 4) is 0 Å². The van der Waals surface area contributed by atoms with Gasteiger partial charge in [0, 0.05) is 10.7 Å². The highest BCUT2D eigenvalue weighted by molar-refractivity contribution is 6.31. The Balaban J connectivity index is 1.58. The number of hydrogen-bond donors (Lipinski definition) is 1. The first-order valence-electron chi connectivity index (χ1n) is 8.21. The number of rotatable bonds is 5. The van der Waals surface area contributed by atoms with Crippen molar-refractivity contribution >= 4 is 39.9 Å². The van der Waals surface area contributed by atoms with Crippen LogP contribution in [0, 0.1) is 6.92 Å². The number of nitrogens with one attached hydrogen (secondary N) is 1. The Kier molecular flexibility index (Phi) is 5.54. The molecule has 5 heteroatoms. The SMILES string of the molecule is Cc1ccc(Cl)cc1NC(=O)COC(=O)Cc1cccc2ccccc12. The van der Waals surface area contributed by atoms with Gasteiger partial charge in [-0.2, -0.15) is 0 Å². The van der Waals surface area contributed by atoms with Gasteiger partial charge in [-0.25, -0.2) is 0 Å². The average Bonchev–Trinajstić information content (AvgIpc) is 2.63. The van der Waals surface area contributed by atoms with E-state index in [9.17, 15) is 9.59 Å². The normalized spacial score (nSPS) is 10.5. The molecule has 0 saturated heterocycles. The van der Waals surface area contributed by atoms with Gasteiger partial charge in [-0.05, 0) is 41.0 Å². The molecule has 4 nitrogen and oxygen atoms in total. The minimum Gasteiger partial charge on any atom is -0.455 e. The summed E-state index contributed by atoms with van der Waals surface area (Å²) < 4.78 is 5.12. The number of amides is 1. The minimum absolute atomic E-state index is 0.116. The van der Waals surface area contributed by atoms with E-state index in [1.165, 1.54) is 0 Å². The number of hydrogen-bond acceptors (Lipinski definition) is 3. The van der Waals surface area contributed by atoms with Crippen LogP contribution in [0.1, 0.15) is 11.1 Å². The molecule has 3 aromatic rings. The molecule has 0 radical (unpaired) electrons. The smallest absolute Gasteiger partial charge is 0.310 e. The van der Waals surface area contributed by atoms with E-state index in [0.29, 0.717) is 10.7 Å². The second kappa shape index (κ2) is 8.02. The van der Waals surface area contributed by atoms with Crippen molar-refractivity contribution in [2.45, 2.75) is 13.3 Å². The van der Waals surface area contributed by atoms with Crippen LogP contribution in [0.25, 0.3) is 10.8 Å². The first-order valence-corrected chi connectivity index (χ1v) is 8.59. The lowest BCUT2D eigenvalue weighted by molar-refractivity contribution is -0.146. The Bertz CT molecular complexity index is 963. The van der Waals surface area contributed by atoms with E-state index < -0.39 is 11.9 Å². The Morgan fingerprint density at radius 2 is 1.81 bits per heavy atom. The highest BCUT2D eigenvalue weighted by atomic mass is 35.5. The summed E-state index contributed by atoms with van der Waals surface area (Å²) in [5.74, 6) is -0.846. The van der Waals surface area contributed by atoms with E-state index in [-0.39, 0.29) is 13.0 Å². The number of esters is 1. The fourth-order valence-corrected chi connectivity index (χ4v) is 2.89. The van der Waals surface area contributed by atoms with Crippen molar-refractivity contribution in [1.82, 2.24) is 0 Å². The molecule has 0 fully saturated rings. The number of fused-ring (bicyclic) bond motifs is 1. The van der Waals surface area contributed by atoms with Crippen LogP contribution in [0.15, 0.2) is 60.7 Å². The Morgan fingerprint density at radius 3 is 2.65 bits per heavy atom. The van der Waals surface area contributed by atoms with Crippen LogP contribution in [-0.2, 0) is 20.7 Å². The van der Waals surface area contributed by atoms with E-state index in [2.05, 4.69) is 5.32 Å². The monoisotopic (exact) mass is 367 g/mol. The number of aryl methyl sites for hydroxylation is 1. The topological polar surface area (TPSA) is 55.4 Å². The fraction of sp³-hybridized carbons (Fsp3) is 0.143. The molecule has 0 spiro atoms. The van der Waals surface area contributed by atoms with E-state index >= 15 is 0 Å². The van der Waals surface area contributed by atoms with Gasteiger partial charge < -0.3 is 10.1 Å².